The van der Waals surface area contributed by atoms with E-state index in [1.807, 2.05) is 16.8 Å². The summed E-state index contributed by atoms with van der Waals surface area (Å²) < 4.78 is 0. The van der Waals surface area contributed by atoms with Crippen molar-refractivity contribution >= 4 is 11.3 Å². The standard InChI is InChI=1S/C8H11NOS/c9-7-3-8(10,4-7)6-1-2-11-5-6/h1-2,5,7,10H,3-4,9H2. The zero-order chi connectivity index (χ0) is 7.90. The van der Waals surface area contributed by atoms with Gasteiger partial charge in [0.25, 0.3) is 0 Å². The van der Waals surface area contributed by atoms with Crippen molar-refractivity contribution in [2.45, 2.75) is 24.5 Å². The third-order valence-electron chi connectivity index (χ3n) is 2.26. The highest BCUT2D eigenvalue weighted by molar-refractivity contribution is 7.08. The van der Waals surface area contributed by atoms with E-state index in [0.717, 1.165) is 5.56 Å². The molecule has 1 aromatic heterocycles. The van der Waals surface area contributed by atoms with Gasteiger partial charge in [0.15, 0.2) is 0 Å². The number of hydrogen-bond acceptors (Lipinski definition) is 3. The molecule has 0 amide bonds. The van der Waals surface area contributed by atoms with E-state index < -0.39 is 5.60 Å². The molecule has 0 saturated heterocycles. The van der Waals surface area contributed by atoms with E-state index in [4.69, 9.17) is 5.73 Å². The molecule has 2 rings (SSSR count). The van der Waals surface area contributed by atoms with Gasteiger partial charge in [-0.15, -0.1) is 0 Å². The average molecular weight is 169 g/mol. The zero-order valence-electron chi connectivity index (χ0n) is 6.16. The van der Waals surface area contributed by atoms with Crippen LogP contribution in [0, 0.1) is 0 Å². The lowest BCUT2D eigenvalue weighted by Gasteiger charge is -2.41. The number of rotatable bonds is 1. The maximum absolute atomic E-state index is 9.87. The topological polar surface area (TPSA) is 46.2 Å². The number of hydrogen-bond donors (Lipinski definition) is 2. The number of aliphatic hydroxyl groups is 1. The van der Waals surface area contributed by atoms with Crippen LogP contribution in [0.15, 0.2) is 16.8 Å². The molecule has 0 atom stereocenters. The number of thiophene rings is 1. The smallest absolute Gasteiger partial charge is 0.0934 e. The van der Waals surface area contributed by atoms with Crippen molar-refractivity contribution in [3.05, 3.63) is 22.4 Å². The summed E-state index contributed by atoms with van der Waals surface area (Å²) in [6, 6.07) is 2.16. The van der Waals surface area contributed by atoms with Gasteiger partial charge in [0.2, 0.25) is 0 Å². The molecule has 0 radical (unpaired) electrons. The Bertz CT molecular complexity index is 239. The second-order valence-corrected chi connectivity index (χ2v) is 3.99. The van der Waals surface area contributed by atoms with Crippen LogP contribution < -0.4 is 5.73 Å². The quantitative estimate of drug-likeness (QED) is 0.660. The van der Waals surface area contributed by atoms with Crippen LogP contribution in [0.5, 0.6) is 0 Å². The Morgan fingerprint density at radius 3 is 2.82 bits per heavy atom. The first-order valence-corrected chi connectivity index (χ1v) is 4.66. The van der Waals surface area contributed by atoms with Gasteiger partial charge in [-0.25, -0.2) is 0 Å². The zero-order valence-corrected chi connectivity index (χ0v) is 6.97. The van der Waals surface area contributed by atoms with Gasteiger partial charge in [-0.1, -0.05) is 0 Å². The fraction of sp³-hybridized carbons (Fsp3) is 0.500. The predicted octanol–water partition coefficient (Wildman–Crippen LogP) is 1.06. The minimum absolute atomic E-state index is 0.194. The molecular weight excluding hydrogens is 158 g/mol. The molecule has 3 heteroatoms. The molecule has 1 aromatic rings. The lowest BCUT2D eigenvalue weighted by atomic mass is 9.73. The van der Waals surface area contributed by atoms with Crippen molar-refractivity contribution < 1.29 is 5.11 Å². The Hall–Kier alpha value is -0.380. The van der Waals surface area contributed by atoms with Gasteiger partial charge in [0.05, 0.1) is 5.60 Å². The summed E-state index contributed by atoms with van der Waals surface area (Å²) in [7, 11) is 0. The SMILES string of the molecule is NC1CC(O)(c2ccsc2)C1. The molecule has 60 valence electrons. The van der Waals surface area contributed by atoms with E-state index in [0.29, 0.717) is 12.8 Å². The van der Waals surface area contributed by atoms with Crippen LogP contribution in [0.3, 0.4) is 0 Å². The average Bonchev–Trinajstić information content (AvgIpc) is 2.34. The fourth-order valence-corrected chi connectivity index (χ4v) is 2.32. The van der Waals surface area contributed by atoms with E-state index in [-0.39, 0.29) is 6.04 Å². The van der Waals surface area contributed by atoms with Crippen LogP contribution >= 0.6 is 11.3 Å². The summed E-state index contributed by atoms with van der Waals surface area (Å²) in [5.74, 6) is 0. The summed E-state index contributed by atoms with van der Waals surface area (Å²) >= 11 is 1.62. The van der Waals surface area contributed by atoms with Crippen LogP contribution in [0.2, 0.25) is 0 Å². The highest BCUT2D eigenvalue weighted by atomic mass is 32.1. The Morgan fingerprint density at radius 1 is 1.64 bits per heavy atom. The Labute approximate surface area is 69.7 Å². The van der Waals surface area contributed by atoms with Crippen LogP contribution in [0.4, 0.5) is 0 Å². The van der Waals surface area contributed by atoms with Crippen molar-refractivity contribution in [1.29, 1.82) is 0 Å². The lowest BCUT2D eigenvalue weighted by molar-refractivity contribution is -0.0519. The Morgan fingerprint density at radius 2 is 2.36 bits per heavy atom. The highest BCUT2D eigenvalue weighted by Crippen LogP contribution is 2.40. The van der Waals surface area contributed by atoms with Gasteiger partial charge in [-0.2, -0.15) is 11.3 Å². The Balaban J connectivity index is 2.18. The molecular formula is C8H11NOS. The van der Waals surface area contributed by atoms with E-state index in [2.05, 4.69) is 0 Å². The molecule has 1 saturated carbocycles. The molecule has 11 heavy (non-hydrogen) atoms. The third-order valence-corrected chi connectivity index (χ3v) is 2.94. The van der Waals surface area contributed by atoms with Gasteiger partial charge >= 0.3 is 0 Å². The summed E-state index contributed by atoms with van der Waals surface area (Å²) in [6.45, 7) is 0. The van der Waals surface area contributed by atoms with Crippen molar-refractivity contribution in [3.8, 4) is 0 Å². The van der Waals surface area contributed by atoms with Gasteiger partial charge < -0.3 is 10.8 Å². The molecule has 0 aromatic carbocycles. The van der Waals surface area contributed by atoms with Crippen LogP contribution in [0.1, 0.15) is 18.4 Å². The van der Waals surface area contributed by atoms with Gasteiger partial charge in [-0.05, 0) is 35.2 Å². The molecule has 1 heterocycles. The molecule has 1 aliphatic carbocycles. The van der Waals surface area contributed by atoms with Gasteiger partial charge in [0, 0.05) is 6.04 Å². The number of nitrogens with two attached hydrogens (primary N) is 1. The molecule has 0 aliphatic heterocycles. The predicted molar refractivity (Wildman–Crippen MR) is 45.4 cm³/mol. The maximum Gasteiger partial charge on any atom is 0.0934 e. The maximum atomic E-state index is 9.87. The van der Waals surface area contributed by atoms with Gasteiger partial charge in [0.1, 0.15) is 0 Å². The summed E-state index contributed by atoms with van der Waals surface area (Å²) in [5, 5.41) is 13.8. The van der Waals surface area contributed by atoms with Crippen molar-refractivity contribution in [3.63, 3.8) is 0 Å². The minimum Gasteiger partial charge on any atom is -0.385 e. The third kappa shape index (κ3) is 1.09. The fourth-order valence-electron chi connectivity index (χ4n) is 1.57. The van der Waals surface area contributed by atoms with E-state index >= 15 is 0 Å². The summed E-state index contributed by atoms with van der Waals surface area (Å²) in [5.41, 5.74) is 6.04. The van der Waals surface area contributed by atoms with E-state index in [1.54, 1.807) is 11.3 Å². The van der Waals surface area contributed by atoms with Crippen LogP contribution in [-0.4, -0.2) is 11.1 Å². The minimum atomic E-state index is -0.598. The molecule has 0 unspecified atom stereocenters. The van der Waals surface area contributed by atoms with Crippen molar-refractivity contribution in [1.82, 2.24) is 0 Å². The second kappa shape index (κ2) is 2.30. The van der Waals surface area contributed by atoms with Crippen LogP contribution in [0.25, 0.3) is 0 Å². The lowest BCUT2D eigenvalue weighted by Crippen LogP contribution is -2.48. The van der Waals surface area contributed by atoms with E-state index in [1.165, 1.54) is 0 Å². The normalized spacial score (nSPS) is 36.7. The highest BCUT2D eigenvalue weighted by Gasteiger charge is 2.42. The van der Waals surface area contributed by atoms with Gasteiger partial charge in [-0.3, -0.25) is 0 Å². The first kappa shape index (κ1) is 7.28. The van der Waals surface area contributed by atoms with E-state index in [9.17, 15) is 5.11 Å². The monoisotopic (exact) mass is 169 g/mol. The molecule has 1 fully saturated rings. The molecule has 0 spiro atoms. The molecule has 2 nitrogen and oxygen atoms in total. The van der Waals surface area contributed by atoms with Crippen molar-refractivity contribution in [2.75, 3.05) is 0 Å². The largest absolute Gasteiger partial charge is 0.385 e. The molecule has 0 bridgehead atoms. The summed E-state index contributed by atoms with van der Waals surface area (Å²) in [6.07, 6.45) is 1.42. The second-order valence-electron chi connectivity index (χ2n) is 3.21. The summed E-state index contributed by atoms with van der Waals surface area (Å²) in [4.78, 5) is 0. The van der Waals surface area contributed by atoms with Crippen LogP contribution in [-0.2, 0) is 5.60 Å². The molecule has 1 aliphatic rings. The first-order chi connectivity index (χ1) is 5.21. The first-order valence-electron chi connectivity index (χ1n) is 3.71. The molecule has 3 N–H and O–H groups in total. The Kier molecular flexibility index (Phi) is 1.52. The van der Waals surface area contributed by atoms with Crippen molar-refractivity contribution in [2.24, 2.45) is 5.73 Å².